The SMILES string of the molecule is CNCc1nc2c([nH]1)c(=O)[nH]c(=O)n2C1CCCCC1. The minimum atomic E-state index is -0.396. The van der Waals surface area contributed by atoms with Gasteiger partial charge in [0.05, 0.1) is 6.54 Å². The maximum Gasteiger partial charge on any atom is 0.330 e. The maximum absolute atomic E-state index is 12.2. The summed E-state index contributed by atoms with van der Waals surface area (Å²) >= 11 is 0. The second kappa shape index (κ2) is 5.24. The number of aromatic amines is 2. The predicted molar refractivity (Wildman–Crippen MR) is 75.9 cm³/mol. The number of rotatable bonds is 3. The maximum atomic E-state index is 12.2. The summed E-state index contributed by atoms with van der Waals surface area (Å²) < 4.78 is 1.66. The van der Waals surface area contributed by atoms with Crippen molar-refractivity contribution in [3.05, 3.63) is 26.7 Å². The molecule has 3 rings (SSSR count). The number of hydrogen-bond donors (Lipinski definition) is 3. The van der Waals surface area contributed by atoms with Crippen molar-refractivity contribution in [3.63, 3.8) is 0 Å². The second-order valence-corrected chi connectivity index (χ2v) is 5.33. The summed E-state index contributed by atoms with van der Waals surface area (Å²) in [6, 6.07) is 0.140. The van der Waals surface area contributed by atoms with Crippen LogP contribution in [0.4, 0.5) is 0 Å². The third-order valence-electron chi connectivity index (χ3n) is 3.91. The van der Waals surface area contributed by atoms with Crippen LogP contribution in [0.2, 0.25) is 0 Å². The molecule has 0 atom stereocenters. The molecule has 0 radical (unpaired) electrons. The fourth-order valence-electron chi connectivity index (χ4n) is 2.99. The third-order valence-corrected chi connectivity index (χ3v) is 3.91. The van der Waals surface area contributed by atoms with Crippen molar-refractivity contribution in [2.75, 3.05) is 7.05 Å². The van der Waals surface area contributed by atoms with Gasteiger partial charge in [-0.2, -0.15) is 0 Å². The number of nitrogens with zero attached hydrogens (tertiary/aromatic N) is 2. The molecule has 1 saturated carbocycles. The summed E-state index contributed by atoms with van der Waals surface area (Å²) in [5, 5.41) is 2.98. The molecule has 0 bridgehead atoms. The number of fused-ring (bicyclic) bond motifs is 1. The number of imidazole rings is 1. The van der Waals surface area contributed by atoms with Crippen molar-refractivity contribution in [2.45, 2.75) is 44.7 Å². The summed E-state index contributed by atoms with van der Waals surface area (Å²) in [6.07, 6.45) is 5.38. The Balaban J connectivity index is 2.18. The number of nitrogens with one attached hydrogen (secondary N) is 3. The van der Waals surface area contributed by atoms with E-state index in [1.165, 1.54) is 6.42 Å². The largest absolute Gasteiger partial charge is 0.335 e. The van der Waals surface area contributed by atoms with Crippen LogP contribution in [-0.2, 0) is 6.54 Å². The molecule has 1 fully saturated rings. The van der Waals surface area contributed by atoms with E-state index in [1.807, 2.05) is 7.05 Å². The normalized spacial score (nSPS) is 16.9. The van der Waals surface area contributed by atoms with Crippen LogP contribution in [0.3, 0.4) is 0 Å². The molecule has 3 N–H and O–H groups in total. The Labute approximate surface area is 115 Å². The van der Waals surface area contributed by atoms with Crippen LogP contribution in [0.1, 0.15) is 44.0 Å². The van der Waals surface area contributed by atoms with E-state index in [9.17, 15) is 9.59 Å². The first-order valence-corrected chi connectivity index (χ1v) is 7.08. The van der Waals surface area contributed by atoms with Gasteiger partial charge in [-0.1, -0.05) is 19.3 Å². The van der Waals surface area contributed by atoms with Crippen LogP contribution in [-0.4, -0.2) is 26.6 Å². The Morgan fingerprint density at radius 2 is 2.00 bits per heavy atom. The average Bonchev–Trinajstić information content (AvgIpc) is 2.84. The van der Waals surface area contributed by atoms with Crippen molar-refractivity contribution in [2.24, 2.45) is 0 Å². The fourth-order valence-corrected chi connectivity index (χ4v) is 2.99. The van der Waals surface area contributed by atoms with Gasteiger partial charge in [0.15, 0.2) is 5.65 Å². The number of hydrogen-bond acceptors (Lipinski definition) is 4. The molecule has 2 aromatic heterocycles. The van der Waals surface area contributed by atoms with Gasteiger partial charge in [0, 0.05) is 6.04 Å². The highest BCUT2D eigenvalue weighted by Crippen LogP contribution is 2.28. The van der Waals surface area contributed by atoms with Crippen molar-refractivity contribution >= 4 is 11.2 Å². The minimum Gasteiger partial charge on any atom is -0.335 e. The van der Waals surface area contributed by atoms with Crippen molar-refractivity contribution in [1.29, 1.82) is 0 Å². The summed E-state index contributed by atoms with van der Waals surface area (Å²) in [5.74, 6) is 0.670. The highest BCUT2D eigenvalue weighted by atomic mass is 16.2. The Bertz CT molecular complexity index is 720. The molecule has 0 aliphatic heterocycles. The van der Waals surface area contributed by atoms with Crippen LogP contribution in [0.5, 0.6) is 0 Å². The van der Waals surface area contributed by atoms with Crippen LogP contribution in [0.25, 0.3) is 11.2 Å². The highest BCUT2D eigenvalue weighted by Gasteiger charge is 2.21. The van der Waals surface area contributed by atoms with Crippen molar-refractivity contribution in [3.8, 4) is 0 Å². The molecule has 0 spiro atoms. The van der Waals surface area contributed by atoms with Gasteiger partial charge in [-0.15, -0.1) is 0 Å². The molecule has 2 aromatic rings. The van der Waals surface area contributed by atoms with Crippen LogP contribution >= 0.6 is 0 Å². The van der Waals surface area contributed by atoms with Gasteiger partial charge in [0.25, 0.3) is 5.56 Å². The van der Waals surface area contributed by atoms with Crippen LogP contribution < -0.4 is 16.6 Å². The highest BCUT2D eigenvalue weighted by molar-refractivity contribution is 5.69. The summed E-state index contributed by atoms with van der Waals surface area (Å²) in [4.78, 5) is 33.9. The van der Waals surface area contributed by atoms with Gasteiger partial charge in [-0.3, -0.25) is 14.3 Å². The smallest absolute Gasteiger partial charge is 0.330 e. The molecule has 108 valence electrons. The van der Waals surface area contributed by atoms with Crippen LogP contribution in [0, 0.1) is 0 Å². The summed E-state index contributed by atoms with van der Waals surface area (Å²) in [5.41, 5.74) is 0.125. The molecule has 1 aliphatic rings. The fraction of sp³-hybridized carbons (Fsp3) is 0.615. The van der Waals surface area contributed by atoms with Gasteiger partial charge in [0.2, 0.25) is 0 Å². The van der Waals surface area contributed by atoms with Gasteiger partial charge < -0.3 is 10.3 Å². The minimum absolute atomic E-state index is 0.140. The molecule has 7 heteroatoms. The number of H-pyrrole nitrogens is 2. The predicted octanol–water partition coefficient (Wildman–Crippen LogP) is 0.637. The first kappa shape index (κ1) is 13.1. The molecule has 20 heavy (non-hydrogen) atoms. The van der Waals surface area contributed by atoms with E-state index in [4.69, 9.17) is 0 Å². The topological polar surface area (TPSA) is 95.6 Å². The van der Waals surface area contributed by atoms with E-state index in [-0.39, 0.29) is 11.7 Å². The van der Waals surface area contributed by atoms with Crippen LogP contribution in [0.15, 0.2) is 9.59 Å². The molecule has 7 nitrogen and oxygen atoms in total. The Morgan fingerprint density at radius 3 is 2.70 bits per heavy atom. The Morgan fingerprint density at radius 1 is 1.25 bits per heavy atom. The quantitative estimate of drug-likeness (QED) is 0.767. The zero-order valence-corrected chi connectivity index (χ0v) is 11.5. The molecule has 2 heterocycles. The zero-order chi connectivity index (χ0) is 14.1. The first-order valence-electron chi connectivity index (χ1n) is 7.08. The van der Waals surface area contributed by atoms with E-state index in [2.05, 4.69) is 20.3 Å². The van der Waals surface area contributed by atoms with E-state index >= 15 is 0 Å². The van der Waals surface area contributed by atoms with Crippen molar-refractivity contribution in [1.82, 2.24) is 24.8 Å². The average molecular weight is 277 g/mol. The lowest BCUT2D eigenvalue weighted by molar-refractivity contribution is 0.349. The second-order valence-electron chi connectivity index (χ2n) is 5.33. The molecule has 0 amide bonds. The Hall–Kier alpha value is -1.89. The molecular formula is C13H19N5O2. The van der Waals surface area contributed by atoms with E-state index < -0.39 is 5.56 Å². The molecule has 0 unspecified atom stereocenters. The van der Waals surface area contributed by atoms with Crippen molar-refractivity contribution < 1.29 is 0 Å². The Kier molecular flexibility index (Phi) is 3.43. The number of aromatic nitrogens is 4. The lowest BCUT2D eigenvalue weighted by Gasteiger charge is -2.23. The standard InChI is InChI=1S/C13H19N5O2/c1-14-7-9-15-10-11(16-9)18(13(20)17-12(10)19)8-5-3-2-4-6-8/h8,14H,2-7H2,1H3,(H,15,16)(H,17,19,20). The lowest BCUT2D eigenvalue weighted by Crippen LogP contribution is -2.33. The van der Waals surface area contributed by atoms with Gasteiger partial charge >= 0.3 is 5.69 Å². The first-order chi connectivity index (χ1) is 9.70. The monoisotopic (exact) mass is 277 g/mol. The van der Waals surface area contributed by atoms with Gasteiger partial charge in [0.1, 0.15) is 11.3 Å². The zero-order valence-electron chi connectivity index (χ0n) is 11.5. The van der Waals surface area contributed by atoms with E-state index in [0.717, 1.165) is 25.7 Å². The molecule has 0 saturated heterocycles. The summed E-state index contributed by atoms with van der Waals surface area (Å²) in [7, 11) is 1.81. The van der Waals surface area contributed by atoms with Gasteiger partial charge in [-0.25, -0.2) is 9.78 Å². The lowest BCUT2D eigenvalue weighted by atomic mass is 9.95. The molecule has 0 aromatic carbocycles. The summed E-state index contributed by atoms with van der Waals surface area (Å²) in [6.45, 7) is 0.535. The van der Waals surface area contributed by atoms with E-state index in [1.54, 1.807) is 4.57 Å². The molecule has 1 aliphatic carbocycles. The van der Waals surface area contributed by atoms with Gasteiger partial charge in [-0.05, 0) is 19.9 Å². The van der Waals surface area contributed by atoms with E-state index in [0.29, 0.717) is 23.5 Å². The molecular weight excluding hydrogens is 258 g/mol. The third kappa shape index (κ3) is 2.18.